The third-order valence-electron chi connectivity index (χ3n) is 5.40. The van der Waals surface area contributed by atoms with E-state index in [-0.39, 0.29) is 11.1 Å². The molecule has 0 bridgehead atoms. The van der Waals surface area contributed by atoms with Crippen LogP contribution >= 0.6 is 15.9 Å². The lowest BCUT2D eigenvalue weighted by Gasteiger charge is -2.13. The maximum atomic E-state index is 13.2. The lowest BCUT2D eigenvalue weighted by atomic mass is 10.1. The van der Waals surface area contributed by atoms with E-state index in [1.165, 1.54) is 23.7 Å². The van der Waals surface area contributed by atoms with Gasteiger partial charge in [-0.25, -0.2) is 4.79 Å². The van der Waals surface area contributed by atoms with Crippen molar-refractivity contribution in [3.8, 4) is 16.9 Å². The van der Waals surface area contributed by atoms with Crippen LogP contribution in [0, 0.1) is 17.0 Å². The van der Waals surface area contributed by atoms with Crippen molar-refractivity contribution in [3.63, 3.8) is 0 Å². The van der Waals surface area contributed by atoms with Gasteiger partial charge in [0.2, 0.25) is 0 Å². The number of rotatable bonds is 3. The van der Waals surface area contributed by atoms with Gasteiger partial charge in [-0.2, -0.15) is 0 Å². The molecule has 2 N–H and O–H groups in total. The van der Waals surface area contributed by atoms with Crippen molar-refractivity contribution in [3.05, 3.63) is 83.6 Å². The molecular formula is C21H18BrN5O4. The largest absolute Gasteiger partial charge is 0.398 e. The van der Waals surface area contributed by atoms with Crippen LogP contribution in [0.25, 0.3) is 27.8 Å². The van der Waals surface area contributed by atoms with Gasteiger partial charge in [0.25, 0.3) is 11.2 Å². The van der Waals surface area contributed by atoms with Crippen LogP contribution < -0.4 is 17.0 Å². The van der Waals surface area contributed by atoms with Gasteiger partial charge in [0.05, 0.1) is 21.5 Å². The summed E-state index contributed by atoms with van der Waals surface area (Å²) in [5.41, 5.74) is 8.39. The highest BCUT2D eigenvalue weighted by atomic mass is 79.9. The minimum absolute atomic E-state index is 0.121. The molecule has 0 aliphatic carbocycles. The first-order valence-electron chi connectivity index (χ1n) is 9.23. The molecule has 0 radical (unpaired) electrons. The van der Waals surface area contributed by atoms with Crippen LogP contribution in [-0.2, 0) is 14.1 Å². The number of benzene rings is 2. The molecule has 0 fully saturated rings. The zero-order valence-electron chi connectivity index (χ0n) is 16.9. The molecule has 4 rings (SSSR count). The predicted molar refractivity (Wildman–Crippen MR) is 123 cm³/mol. The summed E-state index contributed by atoms with van der Waals surface area (Å²) < 4.78 is 4.69. The zero-order valence-corrected chi connectivity index (χ0v) is 18.5. The molecule has 10 heteroatoms. The monoisotopic (exact) mass is 483 g/mol. The van der Waals surface area contributed by atoms with E-state index in [2.05, 4.69) is 15.9 Å². The number of aryl methyl sites for hydroxylation is 2. The number of nitrogens with two attached hydrogens (primary N) is 1. The molecule has 2 aromatic carbocycles. The average Bonchev–Trinajstić information content (AvgIpc) is 3.13. The Morgan fingerprint density at radius 1 is 1.06 bits per heavy atom. The van der Waals surface area contributed by atoms with Crippen LogP contribution in [0.1, 0.15) is 5.56 Å². The number of nitro groups is 1. The molecule has 2 aromatic heterocycles. The third-order valence-corrected chi connectivity index (χ3v) is 6.09. The molecule has 0 aliphatic rings. The van der Waals surface area contributed by atoms with Gasteiger partial charge in [0.15, 0.2) is 0 Å². The molecule has 2 heterocycles. The SMILES string of the molecule is Cc1ccc(-n2cc3c(c2-c2cc([N+](=O)[O-])ccc2Br)c(=O)n(C)c(=O)n3C)cc1N. The normalized spacial score (nSPS) is 11.2. The minimum Gasteiger partial charge on any atom is -0.398 e. The number of hydrogen-bond donors (Lipinski definition) is 1. The van der Waals surface area contributed by atoms with Gasteiger partial charge in [0, 0.05) is 53.8 Å². The van der Waals surface area contributed by atoms with Crippen molar-refractivity contribution in [2.75, 3.05) is 5.73 Å². The molecule has 4 aromatic rings. The minimum atomic E-state index is -0.497. The predicted octanol–water partition coefficient (Wildman–Crippen LogP) is 3.26. The Bertz CT molecular complexity index is 1510. The first kappa shape index (κ1) is 20.6. The summed E-state index contributed by atoms with van der Waals surface area (Å²) in [6, 6.07) is 9.77. The number of anilines is 1. The highest BCUT2D eigenvalue weighted by Gasteiger charge is 2.23. The lowest BCUT2D eigenvalue weighted by Crippen LogP contribution is -2.36. The van der Waals surface area contributed by atoms with Crippen molar-refractivity contribution in [2.24, 2.45) is 14.1 Å². The van der Waals surface area contributed by atoms with Crippen LogP contribution in [0.2, 0.25) is 0 Å². The van der Waals surface area contributed by atoms with Gasteiger partial charge >= 0.3 is 5.69 Å². The second-order valence-corrected chi connectivity index (χ2v) is 8.13. The number of non-ortho nitro benzene ring substituents is 1. The molecule has 0 atom stereocenters. The van der Waals surface area contributed by atoms with E-state index in [1.54, 1.807) is 29.9 Å². The second-order valence-electron chi connectivity index (χ2n) is 7.28. The Balaban J connectivity index is 2.23. The molecule has 0 amide bonds. The molecule has 0 aliphatic heterocycles. The molecule has 31 heavy (non-hydrogen) atoms. The number of nitro benzene ring substituents is 1. The standard InChI is InChI=1S/C21H18BrN5O4/c1-11-4-5-12(9-16(11)23)26-10-17-18(20(28)25(3)21(29)24(17)2)19(26)14-8-13(27(30)31)6-7-15(14)22/h4-10H,23H2,1-3H3. The van der Waals surface area contributed by atoms with Crippen molar-refractivity contribution >= 4 is 38.2 Å². The summed E-state index contributed by atoms with van der Waals surface area (Å²) in [5, 5.41) is 11.7. The molecular weight excluding hydrogens is 466 g/mol. The van der Waals surface area contributed by atoms with Gasteiger partial charge in [-0.3, -0.25) is 24.0 Å². The van der Waals surface area contributed by atoms with E-state index in [0.717, 1.165) is 10.1 Å². The Hall–Kier alpha value is -3.66. The summed E-state index contributed by atoms with van der Waals surface area (Å²) in [6.07, 6.45) is 1.67. The van der Waals surface area contributed by atoms with Crippen molar-refractivity contribution in [1.29, 1.82) is 0 Å². The van der Waals surface area contributed by atoms with Gasteiger partial charge in [0.1, 0.15) is 0 Å². The Morgan fingerprint density at radius 2 is 1.77 bits per heavy atom. The lowest BCUT2D eigenvalue weighted by molar-refractivity contribution is -0.384. The van der Waals surface area contributed by atoms with Crippen LogP contribution in [0.4, 0.5) is 11.4 Å². The zero-order chi connectivity index (χ0) is 22.6. The highest BCUT2D eigenvalue weighted by molar-refractivity contribution is 9.10. The smallest absolute Gasteiger partial charge is 0.330 e. The number of nitrogen functional groups attached to an aromatic ring is 1. The number of aromatic nitrogens is 3. The van der Waals surface area contributed by atoms with E-state index >= 15 is 0 Å². The first-order valence-corrected chi connectivity index (χ1v) is 10.0. The van der Waals surface area contributed by atoms with E-state index in [9.17, 15) is 19.7 Å². The summed E-state index contributed by atoms with van der Waals surface area (Å²) >= 11 is 3.46. The van der Waals surface area contributed by atoms with Gasteiger partial charge in [-0.05, 0) is 30.7 Å². The summed E-state index contributed by atoms with van der Waals surface area (Å²) in [6.45, 7) is 1.88. The topological polar surface area (TPSA) is 118 Å². The van der Waals surface area contributed by atoms with Crippen molar-refractivity contribution in [2.45, 2.75) is 6.92 Å². The highest BCUT2D eigenvalue weighted by Crippen LogP contribution is 2.37. The summed E-state index contributed by atoms with van der Waals surface area (Å²) in [4.78, 5) is 36.6. The van der Waals surface area contributed by atoms with E-state index in [1.807, 2.05) is 19.1 Å². The Morgan fingerprint density at radius 3 is 2.42 bits per heavy atom. The molecule has 0 unspecified atom stereocenters. The molecule has 0 spiro atoms. The number of fused-ring (bicyclic) bond motifs is 1. The number of nitrogens with zero attached hydrogens (tertiary/aromatic N) is 4. The van der Waals surface area contributed by atoms with E-state index in [0.29, 0.717) is 32.6 Å². The molecule has 0 saturated carbocycles. The van der Waals surface area contributed by atoms with Crippen molar-refractivity contribution < 1.29 is 4.92 Å². The summed E-state index contributed by atoms with van der Waals surface area (Å²) in [5.74, 6) is 0. The second kappa shape index (κ2) is 7.24. The first-order chi connectivity index (χ1) is 14.6. The maximum Gasteiger partial charge on any atom is 0.330 e. The number of hydrogen-bond acceptors (Lipinski definition) is 5. The maximum absolute atomic E-state index is 13.2. The van der Waals surface area contributed by atoms with Gasteiger partial charge < -0.3 is 10.3 Å². The quantitative estimate of drug-likeness (QED) is 0.272. The fraction of sp³-hybridized carbons (Fsp3) is 0.143. The van der Waals surface area contributed by atoms with Crippen LogP contribution in [-0.4, -0.2) is 18.6 Å². The van der Waals surface area contributed by atoms with Crippen molar-refractivity contribution in [1.82, 2.24) is 13.7 Å². The van der Waals surface area contributed by atoms with E-state index in [4.69, 9.17) is 5.73 Å². The Labute approximate surface area is 184 Å². The molecule has 158 valence electrons. The Kier molecular flexibility index (Phi) is 4.81. The van der Waals surface area contributed by atoms with Crippen LogP contribution in [0.15, 0.2) is 56.7 Å². The third kappa shape index (κ3) is 3.15. The average molecular weight is 484 g/mol. The van der Waals surface area contributed by atoms with Crippen LogP contribution in [0.5, 0.6) is 0 Å². The van der Waals surface area contributed by atoms with Crippen LogP contribution in [0.3, 0.4) is 0 Å². The fourth-order valence-corrected chi connectivity index (χ4v) is 4.03. The fourth-order valence-electron chi connectivity index (χ4n) is 3.60. The molecule has 9 nitrogen and oxygen atoms in total. The molecule has 0 saturated heterocycles. The van der Waals surface area contributed by atoms with E-state index < -0.39 is 16.2 Å². The van der Waals surface area contributed by atoms with Gasteiger partial charge in [-0.1, -0.05) is 22.0 Å². The van der Waals surface area contributed by atoms with Gasteiger partial charge in [-0.15, -0.1) is 0 Å². The number of halogens is 1. The summed E-state index contributed by atoms with van der Waals surface area (Å²) in [7, 11) is 2.97.